The van der Waals surface area contributed by atoms with E-state index in [1.165, 1.54) is 11.3 Å². The number of carbonyl (C=O) groups is 1. The van der Waals surface area contributed by atoms with Crippen molar-refractivity contribution in [2.45, 2.75) is 20.1 Å². The van der Waals surface area contributed by atoms with E-state index >= 15 is 0 Å². The SMILES string of the molecule is CCN(Cp1sc2nc(-c3cccc(N)c3C=N)nc(N3CCOCC3)c21)C(C)=O. The standard InChI is InChI=1S/C20H25N6O2PS/c1-3-25(13(2)27)12-29-17-19(26-7-9-28-10-8-26)23-18(24-20(17)30-29)14-5-4-6-16(22)15(14)11-21/h4-6,11,21H,3,7-10,12,22H2,1-2H3. The van der Waals surface area contributed by atoms with Crippen molar-refractivity contribution in [2.24, 2.45) is 0 Å². The van der Waals surface area contributed by atoms with Gasteiger partial charge >= 0.3 is 0 Å². The van der Waals surface area contributed by atoms with Crippen molar-refractivity contribution in [2.75, 3.05) is 43.5 Å². The van der Waals surface area contributed by atoms with Gasteiger partial charge in [-0.15, -0.1) is 0 Å². The van der Waals surface area contributed by atoms with Crippen molar-refractivity contribution in [3.63, 3.8) is 0 Å². The van der Waals surface area contributed by atoms with Gasteiger partial charge in [-0.2, -0.15) is 0 Å². The van der Waals surface area contributed by atoms with E-state index in [0.717, 1.165) is 29.3 Å². The molecule has 8 nitrogen and oxygen atoms in total. The molecule has 1 amide bonds. The molecule has 3 heterocycles. The van der Waals surface area contributed by atoms with Gasteiger partial charge in [0.15, 0.2) is 5.82 Å². The lowest BCUT2D eigenvalue weighted by Gasteiger charge is -2.31. The average Bonchev–Trinajstić information content (AvgIpc) is 2.74. The van der Waals surface area contributed by atoms with Gasteiger partial charge in [-0.1, -0.05) is 23.1 Å². The fourth-order valence-corrected chi connectivity index (χ4v) is 7.97. The van der Waals surface area contributed by atoms with Crippen LogP contribution in [0.2, 0.25) is 0 Å². The first-order valence-corrected chi connectivity index (χ1v) is 12.8. The van der Waals surface area contributed by atoms with E-state index in [1.54, 1.807) is 23.9 Å². The largest absolute Gasteiger partial charge is 0.398 e. The molecule has 2 aromatic heterocycles. The van der Waals surface area contributed by atoms with Crippen molar-refractivity contribution >= 4 is 51.2 Å². The topological polar surface area (TPSA) is 108 Å². The fraction of sp³-hybridized carbons (Fsp3) is 0.400. The minimum atomic E-state index is -0.591. The Morgan fingerprint density at radius 2 is 2.17 bits per heavy atom. The molecule has 0 aliphatic carbocycles. The van der Waals surface area contributed by atoms with Crippen LogP contribution in [-0.2, 0) is 15.8 Å². The normalized spacial score (nSPS) is 14.9. The first-order chi connectivity index (χ1) is 14.5. The Hall–Kier alpha value is -2.48. The number of morpholine rings is 1. The van der Waals surface area contributed by atoms with Crippen LogP contribution < -0.4 is 10.6 Å². The Morgan fingerprint density at radius 1 is 1.40 bits per heavy atom. The van der Waals surface area contributed by atoms with E-state index in [0.29, 0.717) is 43.1 Å². The summed E-state index contributed by atoms with van der Waals surface area (Å²) in [6.07, 6.45) is 1.97. The lowest BCUT2D eigenvalue weighted by molar-refractivity contribution is -0.128. The predicted octanol–water partition coefficient (Wildman–Crippen LogP) is 3.59. The molecule has 0 radical (unpaired) electrons. The first kappa shape index (κ1) is 20.8. The molecular formula is C20H25N6O2PS. The van der Waals surface area contributed by atoms with Gasteiger partial charge in [0.2, 0.25) is 5.91 Å². The van der Waals surface area contributed by atoms with E-state index in [4.69, 9.17) is 25.8 Å². The number of nitrogens with zero attached hydrogens (tertiary/aromatic N) is 4. The van der Waals surface area contributed by atoms with Crippen LogP contribution >= 0.6 is 17.7 Å². The summed E-state index contributed by atoms with van der Waals surface area (Å²) in [6, 6.07) is 5.55. The number of nitrogens with one attached hydrogen (secondary N) is 1. The summed E-state index contributed by atoms with van der Waals surface area (Å²) in [5, 5.41) is 8.94. The highest BCUT2D eigenvalue weighted by atomic mass is 32.5. The van der Waals surface area contributed by atoms with Crippen molar-refractivity contribution < 1.29 is 9.53 Å². The number of benzene rings is 1. The highest BCUT2D eigenvalue weighted by molar-refractivity contribution is 7.99. The molecule has 4 rings (SSSR count). The van der Waals surface area contributed by atoms with E-state index in [2.05, 4.69) is 4.90 Å². The summed E-state index contributed by atoms with van der Waals surface area (Å²) in [5.74, 6) is 1.61. The Bertz CT molecular complexity index is 1090. The highest BCUT2D eigenvalue weighted by Gasteiger charge is 2.25. The number of hydrogen-bond acceptors (Lipinski definition) is 8. The van der Waals surface area contributed by atoms with Crippen LogP contribution in [0.15, 0.2) is 18.2 Å². The lowest BCUT2D eigenvalue weighted by atomic mass is 10.1. The monoisotopic (exact) mass is 444 g/mol. The molecule has 1 unspecified atom stereocenters. The number of ether oxygens (including phenoxy) is 1. The van der Waals surface area contributed by atoms with Crippen LogP contribution in [0.25, 0.3) is 21.3 Å². The van der Waals surface area contributed by atoms with Crippen molar-refractivity contribution in [1.29, 1.82) is 5.41 Å². The molecule has 30 heavy (non-hydrogen) atoms. The number of hydrogen-bond donors (Lipinski definition) is 2. The summed E-state index contributed by atoms with van der Waals surface area (Å²) in [5.41, 5.74) is 8.01. The summed E-state index contributed by atoms with van der Waals surface area (Å²) in [6.45, 7) is 6.60. The molecule has 3 N–H and O–H groups in total. The zero-order valence-electron chi connectivity index (χ0n) is 17.1. The van der Waals surface area contributed by atoms with Gasteiger partial charge in [0.1, 0.15) is 10.6 Å². The summed E-state index contributed by atoms with van der Waals surface area (Å²) in [7, 11) is 1.74. The third kappa shape index (κ3) is 3.80. The number of fused-ring (bicyclic) bond motifs is 1. The third-order valence-corrected chi connectivity index (χ3v) is 9.66. The average molecular weight is 445 g/mol. The van der Waals surface area contributed by atoms with E-state index in [9.17, 15) is 4.79 Å². The Balaban J connectivity index is 1.83. The van der Waals surface area contributed by atoms with Crippen LogP contribution in [0.4, 0.5) is 11.5 Å². The van der Waals surface area contributed by atoms with Gasteiger partial charge in [-0.3, -0.25) is 4.79 Å². The van der Waals surface area contributed by atoms with Gasteiger partial charge in [-0.25, -0.2) is 9.97 Å². The van der Waals surface area contributed by atoms with E-state index < -0.39 is 6.71 Å². The number of amides is 1. The molecule has 1 fully saturated rings. The van der Waals surface area contributed by atoms with Crippen molar-refractivity contribution in [3.8, 4) is 11.4 Å². The number of nitrogen functional groups attached to an aromatic ring is 1. The first-order valence-electron chi connectivity index (χ1n) is 9.88. The molecule has 1 atom stereocenters. The van der Waals surface area contributed by atoms with Crippen LogP contribution in [0, 0.1) is 5.41 Å². The number of carbonyl (C=O) groups excluding carboxylic acids is 1. The van der Waals surface area contributed by atoms with Crippen LogP contribution in [0.3, 0.4) is 0 Å². The Kier molecular flexibility index (Phi) is 6.04. The van der Waals surface area contributed by atoms with Gasteiger partial charge in [0, 0.05) is 49.6 Å². The number of anilines is 2. The van der Waals surface area contributed by atoms with Gasteiger partial charge in [0.25, 0.3) is 0 Å². The molecule has 1 saturated heterocycles. The second-order valence-corrected chi connectivity index (χ2v) is 11.0. The molecular weight excluding hydrogens is 419 g/mol. The van der Waals surface area contributed by atoms with E-state index in [1.807, 2.05) is 24.0 Å². The summed E-state index contributed by atoms with van der Waals surface area (Å²) in [4.78, 5) is 26.8. The summed E-state index contributed by atoms with van der Waals surface area (Å²) < 4.78 is 5.53. The summed E-state index contributed by atoms with van der Waals surface area (Å²) >= 11 is 0. The Morgan fingerprint density at radius 3 is 2.83 bits per heavy atom. The predicted molar refractivity (Wildman–Crippen MR) is 124 cm³/mol. The van der Waals surface area contributed by atoms with E-state index in [-0.39, 0.29) is 5.91 Å². The highest BCUT2D eigenvalue weighted by Crippen LogP contribution is 2.55. The molecule has 3 aromatic rings. The second-order valence-electron chi connectivity index (χ2n) is 7.06. The maximum absolute atomic E-state index is 11.9. The van der Waals surface area contributed by atoms with Crippen LogP contribution in [-0.4, -0.2) is 59.8 Å². The maximum atomic E-state index is 11.9. The second kappa shape index (κ2) is 8.71. The third-order valence-electron chi connectivity index (χ3n) is 5.24. The molecule has 10 heteroatoms. The smallest absolute Gasteiger partial charge is 0.220 e. The minimum Gasteiger partial charge on any atom is -0.398 e. The Labute approximate surface area is 180 Å². The molecule has 1 aliphatic rings. The van der Waals surface area contributed by atoms with Crippen molar-refractivity contribution in [3.05, 3.63) is 23.8 Å². The maximum Gasteiger partial charge on any atom is 0.220 e. The number of nitrogens with two attached hydrogens (primary N) is 1. The molecule has 0 bridgehead atoms. The number of aromatic nitrogens is 2. The van der Waals surface area contributed by atoms with Crippen LogP contribution in [0.1, 0.15) is 19.4 Å². The minimum absolute atomic E-state index is 0.0925. The molecule has 158 valence electrons. The van der Waals surface area contributed by atoms with Crippen molar-refractivity contribution in [1.82, 2.24) is 14.9 Å². The van der Waals surface area contributed by atoms with Gasteiger partial charge in [0.05, 0.1) is 24.6 Å². The molecule has 1 aliphatic heterocycles. The fourth-order valence-electron chi connectivity index (χ4n) is 3.55. The molecule has 0 saturated carbocycles. The lowest BCUT2D eigenvalue weighted by Crippen LogP contribution is -2.37. The molecule has 1 aromatic carbocycles. The van der Waals surface area contributed by atoms with Gasteiger partial charge < -0.3 is 25.7 Å². The number of rotatable bonds is 6. The van der Waals surface area contributed by atoms with Crippen LogP contribution in [0.5, 0.6) is 0 Å². The molecule has 0 spiro atoms. The zero-order chi connectivity index (χ0) is 21.3. The quantitative estimate of drug-likeness (QED) is 0.444. The zero-order valence-corrected chi connectivity index (χ0v) is 18.8. The van der Waals surface area contributed by atoms with Gasteiger partial charge in [-0.05, 0) is 19.7 Å².